The van der Waals surface area contributed by atoms with Crippen LogP contribution in [0.25, 0.3) is 0 Å². The fraction of sp³-hybridized carbons (Fsp3) is 0.914. The van der Waals surface area contributed by atoms with Crippen molar-refractivity contribution in [1.82, 2.24) is 5.32 Å². The summed E-state index contributed by atoms with van der Waals surface area (Å²) in [6.45, 7) is 1.80. The Morgan fingerprint density at radius 2 is 1.22 bits per heavy atom. The molecule has 0 saturated carbocycles. The first-order valence-corrected chi connectivity index (χ1v) is 18.4. The lowest BCUT2D eigenvalue weighted by Gasteiger charge is -2.46. The number of unbranched alkanes of at least 4 members (excludes halogenated alkanes) is 14. The van der Waals surface area contributed by atoms with Crippen molar-refractivity contribution in [3.8, 4) is 0 Å². The molecule has 2 heterocycles. The SMILES string of the molecule is CCCCCCCCCCCCCCCC/C=C/C(O)C(COC1OC(CO)C(OC2OC(CO)C(O)C(O)C2O)C(O)C1O)NC(C)=O. The molecule has 2 saturated heterocycles. The zero-order valence-corrected chi connectivity index (χ0v) is 29.4. The van der Waals surface area contributed by atoms with Gasteiger partial charge in [0.25, 0.3) is 0 Å². The summed E-state index contributed by atoms with van der Waals surface area (Å²) in [6.07, 6.45) is 5.11. The maximum atomic E-state index is 11.8. The van der Waals surface area contributed by atoms with Gasteiger partial charge in [0.05, 0.1) is 32.0 Å². The van der Waals surface area contributed by atoms with Gasteiger partial charge in [-0.25, -0.2) is 0 Å². The molecule has 288 valence electrons. The Hall–Kier alpha value is -1.27. The first kappa shape index (κ1) is 43.9. The molecule has 2 aliphatic heterocycles. The van der Waals surface area contributed by atoms with Gasteiger partial charge in [0.1, 0.15) is 48.8 Å². The van der Waals surface area contributed by atoms with Crippen molar-refractivity contribution in [1.29, 1.82) is 0 Å². The van der Waals surface area contributed by atoms with E-state index >= 15 is 0 Å². The van der Waals surface area contributed by atoms with Crippen LogP contribution >= 0.6 is 0 Å². The smallest absolute Gasteiger partial charge is 0.217 e. The average molecular weight is 708 g/mol. The molecular formula is C35H65NO13. The molecule has 12 atom stereocenters. The van der Waals surface area contributed by atoms with Crippen molar-refractivity contribution in [2.75, 3.05) is 19.8 Å². The van der Waals surface area contributed by atoms with Gasteiger partial charge in [-0.3, -0.25) is 4.79 Å². The molecule has 0 aromatic carbocycles. The van der Waals surface area contributed by atoms with Crippen LogP contribution in [-0.2, 0) is 23.7 Å². The van der Waals surface area contributed by atoms with Crippen molar-refractivity contribution in [2.24, 2.45) is 0 Å². The van der Waals surface area contributed by atoms with Gasteiger partial charge in [-0.05, 0) is 12.8 Å². The van der Waals surface area contributed by atoms with Gasteiger partial charge in [0.2, 0.25) is 5.91 Å². The van der Waals surface area contributed by atoms with Crippen LogP contribution in [0.1, 0.15) is 110 Å². The van der Waals surface area contributed by atoms with Crippen molar-refractivity contribution in [3.63, 3.8) is 0 Å². The van der Waals surface area contributed by atoms with Crippen LogP contribution in [0.2, 0.25) is 0 Å². The number of rotatable bonds is 25. The Labute approximate surface area is 291 Å². The van der Waals surface area contributed by atoms with Crippen LogP contribution in [-0.4, -0.2) is 140 Å². The average Bonchev–Trinajstić information content (AvgIpc) is 3.08. The van der Waals surface area contributed by atoms with Gasteiger partial charge in [0, 0.05) is 6.92 Å². The highest BCUT2D eigenvalue weighted by molar-refractivity contribution is 5.73. The first-order chi connectivity index (χ1) is 23.5. The van der Waals surface area contributed by atoms with Gasteiger partial charge in [-0.1, -0.05) is 103 Å². The topological polar surface area (TPSA) is 228 Å². The number of aliphatic hydroxyl groups is 8. The fourth-order valence-corrected chi connectivity index (χ4v) is 6.20. The maximum absolute atomic E-state index is 11.8. The second-order valence-electron chi connectivity index (χ2n) is 13.4. The number of carbonyl (C=O) groups is 1. The van der Waals surface area contributed by atoms with Gasteiger partial charge < -0.3 is 65.1 Å². The zero-order chi connectivity index (χ0) is 36.2. The van der Waals surface area contributed by atoms with E-state index in [0.29, 0.717) is 0 Å². The van der Waals surface area contributed by atoms with E-state index in [1.54, 1.807) is 6.08 Å². The van der Waals surface area contributed by atoms with E-state index in [4.69, 9.17) is 18.9 Å². The highest BCUT2D eigenvalue weighted by atomic mass is 16.7. The number of carbonyl (C=O) groups excluding carboxylic acids is 1. The summed E-state index contributed by atoms with van der Waals surface area (Å²) in [6, 6.07) is -0.909. The lowest BCUT2D eigenvalue weighted by molar-refractivity contribution is -0.359. The van der Waals surface area contributed by atoms with Gasteiger partial charge in [-0.15, -0.1) is 0 Å². The summed E-state index contributed by atoms with van der Waals surface area (Å²) in [5.74, 6) is -0.417. The number of amides is 1. The predicted molar refractivity (Wildman–Crippen MR) is 180 cm³/mol. The van der Waals surface area contributed by atoms with Crippen molar-refractivity contribution < 1.29 is 64.6 Å². The summed E-state index contributed by atoms with van der Waals surface area (Å²) in [5, 5.41) is 84.6. The standard InChI is InChI=1S/C35H65NO13/c1-3-4-5-6-7-8-9-10-11-12-13-14-15-16-17-18-19-25(40)24(36-23(2)39)22-46-34-32(45)30(43)33(27(21-38)48-34)49-35-31(44)29(42)28(41)26(20-37)47-35/h18-19,24-35,37-38,40-45H,3-17,20-22H2,1-2H3,(H,36,39)/b19-18+. The molecule has 2 fully saturated rings. The molecule has 12 unspecified atom stereocenters. The van der Waals surface area contributed by atoms with Crippen LogP contribution in [0.4, 0.5) is 0 Å². The second-order valence-corrected chi connectivity index (χ2v) is 13.4. The Bertz CT molecular complexity index is 894. The van der Waals surface area contributed by atoms with Crippen LogP contribution < -0.4 is 5.32 Å². The third-order valence-corrected chi connectivity index (χ3v) is 9.26. The predicted octanol–water partition coefficient (Wildman–Crippen LogP) is 0.920. The lowest BCUT2D eigenvalue weighted by Crippen LogP contribution is -2.65. The summed E-state index contributed by atoms with van der Waals surface area (Å²) >= 11 is 0. The van der Waals surface area contributed by atoms with Crippen LogP contribution in [0, 0.1) is 0 Å². The number of allylic oxidation sites excluding steroid dienone is 1. The molecule has 2 aliphatic rings. The van der Waals surface area contributed by atoms with E-state index in [1.165, 1.54) is 84.0 Å². The number of nitrogens with one attached hydrogen (secondary N) is 1. The second kappa shape index (κ2) is 24.8. The maximum Gasteiger partial charge on any atom is 0.217 e. The molecule has 1 amide bonds. The Morgan fingerprint density at radius 3 is 1.76 bits per heavy atom. The molecular weight excluding hydrogens is 642 g/mol. The molecule has 14 nitrogen and oxygen atoms in total. The number of hydrogen-bond donors (Lipinski definition) is 9. The van der Waals surface area contributed by atoms with E-state index in [0.717, 1.165) is 19.3 Å². The van der Waals surface area contributed by atoms with Gasteiger partial charge in [0.15, 0.2) is 12.6 Å². The number of aliphatic hydroxyl groups excluding tert-OH is 8. The van der Waals surface area contributed by atoms with Crippen LogP contribution in [0.3, 0.4) is 0 Å². The largest absolute Gasteiger partial charge is 0.394 e. The van der Waals surface area contributed by atoms with E-state index in [9.17, 15) is 45.6 Å². The zero-order valence-electron chi connectivity index (χ0n) is 29.4. The third-order valence-electron chi connectivity index (χ3n) is 9.26. The summed E-state index contributed by atoms with van der Waals surface area (Å²) < 4.78 is 22.1. The molecule has 14 heteroatoms. The molecule has 0 bridgehead atoms. The van der Waals surface area contributed by atoms with Gasteiger partial charge >= 0.3 is 0 Å². The number of hydrogen-bond acceptors (Lipinski definition) is 13. The molecule has 9 N–H and O–H groups in total. The van der Waals surface area contributed by atoms with Gasteiger partial charge in [-0.2, -0.15) is 0 Å². The monoisotopic (exact) mass is 707 g/mol. The lowest BCUT2D eigenvalue weighted by atomic mass is 9.97. The Balaban J connectivity index is 1.75. The summed E-state index contributed by atoms with van der Waals surface area (Å²) in [4.78, 5) is 11.8. The van der Waals surface area contributed by atoms with E-state index in [2.05, 4.69) is 12.2 Å². The Kier molecular flexibility index (Phi) is 22.2. The van der Waals surface area contributed by atoms with E-state index in [-0.39, 0.29) is 6.61 Å². The van der Waals surface area contributed by atoms with Crippen LogP contribution in [0.15, 0.2) is 12.2 Å². The molecule has 0 radical (unpaired) electrons. The Morgan fingerprint density at radius 1 is 0.714 bits per heavy atom. The fourth-order valence-electron chi connectivity index (χ4n) is 6.20. The van der Waals surface area contributed by atoms with Crippen LogP contribution in [0.5, 0.6) is 0 Å². The molecule has 0 spiro atoms. The molecule has 0 aromatic heterocycles. The molecule has 2 rings (SSSR count). The van der Waals surface area contributed by atoms with Crippen molar-refractivity contribution >= 4 is 5.91 Å². The number of ether oxygens (including phenoxy) is 4. The minimum atomic E-state index is -1.78. The minimum absolute atomic E-state index is 0.311. The molecule has 0 aliphatic carbocycles. The molecule has 49 heavy (non-hydrogen) atoms. The first-order valence-electron chi connectivity index (χ1n) is 18.4. The quantitative estimate of drug-likeness (QED) is 0.0476. The third kappa shape index (κ3) is 15.5. The summed E-state index contributed by atoms with van der Waals surface area (Å²) in [7, 11) is 0. The summed E-state index contributed by atoms with van der Waals surface area (Å²) in [5.41, 5.74) is 0. The normalized spacial score (nSPS) is 32.0. The van der Waals surface area contributed by atoms with Crippen molar-refractivity contribution in [3.05, 3.63) is 12.2 Å². The molecule has 0 aromatic rings. The van der Waals surface area contributed by atoms with E-state index in [1.807, 2.05) is 6.08 Å². The minimum Gasteiger partial charge on any atom is -0.394 e. The highest BCUT2D eigenvalue weighted by Crippen LogP contribution is 2.29. The van der Waals surface area contributed by atoms with E-state index < -0.39 is 92.7 Å². The van der Waals surface area contributed by atoms with Crippen molar-refractivity contribution in [2.45, 2.75) is 184 Å². The highest BCUT2D eigenvalue weighted by Gasteiger charge is 2.50.